The van der Waals surface area contributed by atoms with E-state index in [9.17, 15) is 14.4 Å². The number of nitrogens with zero attached hydrogens (tertiary/aromatic N) is 2. The molecule has 0 saturated heterocycles. The van der Waals surface area contributed by atoms with E-state index in [0.717, 1.165) is 40.9 Å². The summed E-state index contributed by atoms with van der Waals surface area (Å²) in [7, 11) is 4.71. The van der Waals surface area contributed by atoms with Crippen LogP contribution in [0.1, 0.15) is 56.2 Å². The highest BCUT2D eigenvalue weighted by Crippen LogP contribution is 2.50. The summed E-state index contributed by atoms with van der Waals surface area (Å²) in [6.45, 7) is 2.03. The molecule has 1 aliphatic rings. The lowest BCUT2D eigenvalue weighted by Gasteiger charge is -2.19. The molecule has 2 heterocycles. The van der Waals surface area contributed by atoms with Crippen molar-refractivity contribution in [3.05, 3.63) is 75.4 Å². The van der Waals surface area contributed by atoms with Crippen molar-refractivity contribution in [3.63, 3.8) is 0 Å². The number of anilines is 2. The topological polar surface area (TPSA) is 141 Å². The first-order valence-electron chi connectivity index (χ1n) is 15.5. The quantitative estimate of drug-likeness (QED) is 0.148. The van der Waals surface area contributed by atoms with Gasteiger partial charge in [0.05, 0.1) is 38.8 Å². The largest absolute Gasteiger partial charge is 0.493 e. The van der Waals surface area contributed by atoms with Gasteiger partial charge in [-0.3, -0.25) is 19.4 Å². The summed E-state index contributed by atoms with van der Waals surface area (Å²) >= 11 is 1.37. The third kappa shape index (κ3) is 7.89. The van der Waals surface area contributed by atoms with E-state index in [1.807, 2.05) is 35.7 Å². The maximum absolute atomic E-state index is 13.5. The van der Waals surface area contributed by atoms with Crippen molar-refractivity contribution in [2.24, 2.45) is 0 Å². The van der Waals surface area contributed by atoms with Crippen LogP contribution in [-0.2, 0) is 16.0 Å². The highest BCUT2D eigenvalue weighted by molar-refractivity contribution is 7.14. The number of benzene rings is 1. The summed E-state index contributed by atoms with van der Waals surface area (Å²) in [5.41, 5.74) is 5.02. The Morgan fingerprint density at radius 2 is 1.81 bits per heavy atom. The van der Waals surface area contributed by atoms with Gasteiger partial charge in [-0.1, -0.05) is 18.6 Å². The molecule has 0 unspecified atom stereocenters. The number of carbonyl (C=O) groups excluding carboxylic acids is 2. The molecule has 0 aliphatic heterocycles. The van der Waals surface area contributed by atoms with Gasteiger partial charge in [0.25, 0.3) is 0 Å². The zero-order valence-corrected chi connectivity index (χ0v) is 27.8. The van der Waals surface area contributed by atoms with Crippen molar-refractivity contribution in [2.75, 3.05) is 38.5 Å². The molecule has 2 aromatic carbocycles. The highest BCUT2D eigenvalue weighted by atomic mass is 32.1. The van der Waals surface area contributed by atoms with E-state index in [4.69, 9.17) is 14.2 Å². The molecule has 47 heavy (non-hydrogen) atoms. The number of fused-ring (bicyclic) bond motifs is 3. The Kier molecular flexibility index (Phi) is 11.0. The lowest BCUT2D eigenvalue weighted by atomic mass is 9.95. The normalized spacial score (nSPS) is 13.4. The van der Waals surface area contributed by atoms with Crippen molar-refractivity contribution in [1.82, 2.24) is 15.3 Å². The average molecular weight is 658 g/mol. The van der Waals surface area contributed by atoms with Crippen molar-refractivity contribution >= 4 is 34.0 Å². The number of nitrogens with one attached hydrogen (secondary N) is 3. The van der Waals surface area contributed by atoms with Crippen molar-refractivity contribution in [1.29, 1.82) is 0 Å². The number of methoxy groups -OCH3 is 3. The van der Waals surface area contributed by atoms with Crippen LogP contribution in [0.4, 0.5) is 10.8 Å². The van der Waals surface area contributed by atoms with Crippen LogP contribution in [0, 0.1) is 0 Å². The summed E-state index contributed by atoms with van der Waals surface area (Å²) in [4.78, 5) is 46.9. The predicted octanol–water partition coefficient (Wildman–Crippen LogP) is 5.99. The number of hydrogen-bond donors (Lipinski definition) is 3. The molecule has 0 fully saturated rings. The molecule has 1 atom stereocenters. The number of hydrogen-bond acceptors (Lipinski definition) is 10. The minimum absolute atomic E-state index is 0.0861. The number of unbranched alkanes of at least 4 members (excludes halogenated alkanes) is 2. The van der Waals surface area contributed by atoms with Gasteiger partial charge in [-0.2, -0.15) is 0 Å². The summed E-state index contributed by atoms with van der Waals surface area (Å²) in [5.74, 6) is 1.25. The summed E-state index contributed by atoms with van der Waals surface area (Å²) in [6, 6.07) is 12.5. The number of aromatic nitrogens is 2. The molecule has 11 nitrogen and oxygen atoms in total. The van der Waals surface area contributed by atoms with E-state index < -0.39 is 0 Å². The molecule has 246 valence electrons. The third-order valence-corrected chi connectivity index (χ3v) is 8.75. The fourth-order valence-corrected chi connectivity index (χ4v) is 6.53. The molecule has 5 rings (SSSR count). The molecule has 2 aromatic heterocycles. The molecule has 0 saturated carbocycles. The molecule has 1 aliphatic carbocycles. The van der Waals surface area contributed by atoms with E-state index in [0.29, 0.717) is 65.9 Å². The van der Waals surface area contributed by atoms with Crippen LogP contribution in [0.5, 0.6) is 17.2 Å². The molecule has 0 bridgehead atoms. The fraction of sp³-hybridized carbons (Fsp3) is 0.343. The molecular formula is C35H39N5O6S. The van der Waals surface area contributed by atoms with E-state index >= 15 is 0 Å². The lowest BCUT2D eigenvalue weighted by molar-refractivity contribution is -0.119. The van der Waals surface area contributed by atoms with Crippen LogP contribution in [0.25, 0.3) is 22.5 Å². The van der Waals surface area contributed by atoms with Crippen LogP contribution in [-0.4, -0.2) is 49.7 Å². The van der Waals surface area contributed by atoms with Crippen LogP contribution in [0.3, 0.4) is 0 Å². The Morgan fingerprint density at radius 3 is 2.53 bits per heavy atom. The van der Waals surface area contributed by atoms with Crippen molar-refractivity contribution < 1.29 is 23.8 Å². The predicted molar refractivity (Wildman–Crippen MR) is 184 cm³/mol. The summed E-state index contributed by atoms with van der Waals surface area (Å²) in [5, 5.41) is 11.6. The summed E-state index contributed by atoms with van der Waals surface area (Å²) < 4.78 is 17.1. The molecule has 3 N–H and O–H groups in total. The minimum atomic E-state index is -0.373. The third-order valence-electron chi connectivity index (χ3n) is 7.99. The zero-order chi connectivity index (χ0) is 33.3. The van der Waals surface area contributed by atoms with Crippen molar-refractivity contribution in [3.8, 4) is 39.8 Å². The number of ether oxygens (including phenoxy) is 3. The second kappa shape index (κ2) is 15.5. The Balaban J connectivity index is 1.25. The number of aryl methyl sites for hydroxylation is 1. The van der Waals surface area contributed by atoms with Gasteiger partial charge in [-0.05, 0) is 72.7 Å². The van der Waals surface area contributed by atoms with E-state index in [-0.39, 0.29) is 23.3 Å². The highest BCUT2D eigenvalue weighted by Gasteiger charge is 2.29. The minimum Gasteiger partial charge on any atom is -0.493 e. The smallest absolute Gasteiger partial charge is 0.226 e. The first-order valence-corrected chi connectivity index (χ1v) is 16.4. The number of amides is 2. The number of carbonyl (C=O) groups is 2. The summed E-state index contributed by atoms with van der Waals surface area (Å²) in [6.07, 6.45) is 5.58. The molecule has 0 spiro atoms. The number of pyridine rings is 1. The molecule has 2 amide bonds. The number of thiazole rings is 1. The van der Waals surface area contributed by atoms with Crippen LogP contribution in [0.15, 0.2) is 58.8 Å². The van der Waals surface area contributed by atoms with Gasteiger partial charge in [0, 0.05) is 37.0 Å². The van der Waals surface area contributed by atoms with Gasteiger partial charge in [-0.25, -0.2) is 4.98 Å². The van der Waals surface area contributed by atoms with E-state index in [1.165, 1.54) is 18.3 Å². The van der Waals surface area contributed by atoms with E-state index in [2.05, 4.69) is 25.9 Å². The van der Waals surface area contributed by atoms with Crippen molar-refractivity contribution in [2.45, 2.75) is 51.5 Å². The Hall–Kier alpha value is -4.97. The maximum atomic E-state index is 13.5. The average Bonchev–Trinajstić information content (AvgIpc) is 3.41. The first kappa shape index (κ1) is 33.4. The van der Waals surface area contributed by atoms with Gasteiger partial charge in [-0.15, -0.1) is 11.3 Å². The van der Waals surface area contributed by atoms with Crippen LogP contribution in [0.2, 0.25) is 0 Å². The Labute approximate surface area is 277 Å². The van der Waals surface area contributed by atoms with Gasteiger partial charge in [0.15, 0.2) is 16.6 Å². The van der Waals surface area contributed by atoms with Gasteiger partial charge in [0.2, 0.25) is 23.0 Å². The second-order valence-corrected chi connectivity index (χ2v) is 12.0. The zero-order valence-electron chi connectivity index (χ0n) is 27.0. The molecule has 0 radical (unpaired) electrons. The lowest BCUT2D eigenvalue weighted by Crippen LogP contribution is -2.26. The van der Waals surface area contributed by atoms with Gasteiger partial charge < -0.3 is 30.2 Å². The van der Waals surface area contributed by atoms with Crippen LogP contribution >= 0.6 is 11.3 Å². The van der Waals surface area contributed by atoms with Gasteiger partial charge in [0.1, 0.15) is 5.69 Å². The molecule has 12 heteroatoms. The fourth-order valence-electron chi connectivity index (χ4n) is 5.81. The maximum Gasteiger partial charge on any atom is 0.226 e. The van der Waals surface area contributed by atoms with Crippen LogP contribution < -0.4 is 35.6 Å². The number of rotatable bonds is 13. The first-order chi connectivity index (χ1) is 22.8. The monoisotopic (exact) mass is 657 g/mol. The molecule has 4 aromatic rings. The standard InChI is InChI=1S/C35H39N5O6S/c1-21(41)38-25-14-12-22-18-30(44-2)33(45-3)34(46-4)32(22)23-13-15-27(29(42)19-24(23)25)37-16-8-5-6-11-31(43)40-35-39-28(20-47-35)26-10-7-9-17-36-26/h7,9-10,13,15,17-20,25H,5-6,8,11-12,14,16H2,1-4H3,(H,37,42)(H,38,41)(H,39,40,43)/t25-/m1/s1. The van der Waals surface area contributed by atoms with E-state index in [1.54, 1.807) is 39.7 Å². The second-order valence-electron chi connectivity index (χ2n) is 11.1. The van der Waals surface area contributed by atoms with Gasteiger partial charge >= 0.3 is 0 Å². The Bertz CT molecular complexity index is 1800. The Morgan fingerprint density at radius 1 is 0.979 bits per heavy atom. The molecular weight excluding hydrogens is 618 g/mol. The SMILES string of the molecule is COc1cc2c(c(OC)c1OC)-c1ccc(NCCCCCC(=O)Nc3nc(-c4ccccn4)cs3)c(=O)cc1[C@H](NC(C)=O)CC2.